The van der Waals surface area contributed by atoms with Crippen LogP contribution < -0.4 is 4.74 Å². The molecule has 0 bridgehead atoms. The Hall–Kier alpha value is -2.80. The molecule has 0 radical (unpaired) electrons. The topological polar surface area (TPSA) is 97.9 Å². The highest BCUT2D eigenvalue weighted by Crippen LogP contribution is 2.35. The van der Waals surface area contributed by atoms with Gasteiger partial charge >= 0.3 is 11.9 Å². The van der Waals surface area contributed by atoms with Gasteiger partial charge in [0.1, 0.15) is 5.75 Å². The monoisotopic (exact) mass is 389 g/mol. The zero-order valence-corrected chi connectivity index (χ0v) is 16.5. The Kier molecular flexibility index (Phi) is 7.63. The lowest BCUT2D eigenvalue weighted by atomic mass is 9.78. The summed E-state index contributed by atoms with van der Waals surface area (Å²) in [5, 5.41) is 9.92. The number of carbonyl (C=O) groups is 2. The van der Waals surface area contributed by atoms with Crippen molar-refractivity contribution in [2.45, 2.75) is 26.7 Å². The van der Waals surface area contributed by atoms with Crippen molar-refractivity contribution < 1.29 is 28.9 Å². The lowest BCUT2D eigenvalue weighted by Gasteiger charge is -2.28. The molecule has 7 heteroatoms. The van der Waals surface area contributed by atoms with Crippen molar-refractivity contribution in [1.82, 2.24) is 4.98 Å². The molecule has 0 aliphatic rings. The standard InChI is InChI=1S/C21H27NO6/c1-4-27-19(24)21(10-6-7-11-23,20(25)28-5-2)13-15-14-22-18-9-8-16(26-3)12-17(15)18/h6-9,12,14,22-23H,4-5,10-11,13H2,1-3H3/b7-6-. The molecule has 0 fully saturated rings. The average Bonchev–Trinajstić information content (AvgIpc) is 3.09. The summed E-state index contributed by atoms with van der Waals surface area (Å²) in [6.07, 6.45) is 5.01. The van der Waals surface area contributed by atoms with E-state index in [2.05, 4.69) is 4.98 Å². The average molecular weight is 389 g/mol. The van der Waals surface area contributed by atoms with Gasteiger partial charge in [0.2, 0.25) is 0 Å². The SMILES string of the molecule is CCOC(=O)C(C/C=C\CO)(Cc1c[nH]c2ccc(OC)cc12)C(=O)OCC. The fourth-order valence-electron chi connectivity index (χ4n) is 3.12. The van der Waals surface area contributed by atoms with E-state index < -0.39 is 17.4 Å². The van der Waals surface area contributed by atoms with Gasteiger partial charge in [0.15, 0.2) is 5.41 Å². The van der Waals surface area contributed by atoms with E-state index in [4.69, 9.17) is 19.3 Å². The maximum absolute atomic E-state index is 12.9. The van der Waals surface area contributed by atoms with Gasteiger partial charge in [0.05, 0.1) is 26.9 Å². The molecule has 0 saturated carbocycles. The molecule has 2 aromatic rings. The molecule has 1 heterocycles. The van der Waals surface area contributed by atoms with Crippen molar-refractivity contribution in [2.75, 3.05) is 26.9 Å². The predicted octanol–water partition coefficient (Wildman–Crippen LogP) is 2.77. The molecule has 28 heavy (non-hydrogen) atoms. The Morgan fingerprint density at radius 2 is 1.82 bits per heavy atom. The van der Waals surface area contributed by atoms with Crippen LogP contribution in [0.25, 0.3) is 10.9 Å². The Morgan fingerprint density at radius 1 is 1.14 bits per heavy atom. The fourth-order valence-corrected chi connectivity index (χ4v) is 3.12. The number of rotatable bonds is 10. The van der Waals surface area contributed by atoms with Gasteiger partial charge in [-0.05, 0) is 44.0 Å². The largest absolute Gasteiger partial charge is 0.497 e. The van der Waals surface area contributed by atoms with Gasteiger partial charge in [-0.25, -0.2) is 0 Å². The molecule has 1 aromatic heterocycles. The van der Waals surface area contributed by atoms with E-state index >= 15 is 0 Å². The first-order chi connectivity index (χ1) is 13.5. The van der Waals surface area contributed by atoms with Gasteiger partial charge in [0, 0.05) is 23.5 Å². The number of hydrogen-bond donors (Lipinski definition) is 2. The van der Waals surface area contributed by atoms with Crippen LogP contribution in [-0.2, 0) is 25.5 Å². The highest BCUT2D eigenvalue weighted by atomic mass is 16.6. The van der Waals surface area contributed by atoms with Crippen molar-refractivity contribution in [3.63, 3.8) is 0 Å². The Morgan fingerprint density at radius 3 is 2.39 bits per heavy atom. The minimum absolute atomic E-state index is 0.0574. The van der Waals surface area contributed by atoms with E-state index in [1.807, 2.05) is 18.2 Å². The maximum atomic E-state index is 12.9. The molecular weight excluding hydrogens is 362 g/mol. The third-order valence-electron chi connectivity index (χ3n) is 4.54. The van der Waals surface area contributed by atoms with Gasteiger partial charge in [-0.2, -0.15) is 0 Å². The normalized spacial score (nSPS) is 11.7. The number of ether oxygens (including phenoxy) is 3. The molecule has 0 atom stereocenters. The molecule has 0 amide bonds. The molecule has 2 rings (SSSR count). The molecule has 0 aliphatic heterocycles. The van der Waals surface area contributed by atoms with Crippen LogP contribution in [0.3, 0.4) is 0 Å². The summed E-state index contributed by atoms with van der Waals surface area (Å²) < 4.78 is 15.8. The Balaban J connectivity index is 2.54. The van der Waals surface area contributed by atoms with Gasteiger partial charge < -0.3 is 24.3 Å². The van der Waals surface area contributed by atoms with Crippen molar-refractivity contribution in [3.05, 3.63) is 42.1 Å². The number of methoxy groups -OCH3 is 1. The number of aromatic amines is 1. The molecule has 152 valence electrons. The summed E-state index contributed by atoms with van der Waals surface area (Å²) in [6, 6.07) is 5.56. The summed E-state index contributed by atoms with van der Waals surface area (Å²) in [6.45, 7) is 3.48. The second kappa shape index (κ2) is 9.94. The van der Waals surface area contributed by atoms with Gasteiger partial charge in [0.25, 0.3) is 0 Å². The number of esters is 2. The number of aliphatic hydroxyl groups is 1. The third kappa shape index (κ3) is 4.54. The summed E-state index contributed by atoms with van der Waals surface area (Å²) in [7, 11) is 1.58. The summed E-state index contributed by atoms with van der Waals surface area (Å²) in [5.41, 5.74) is 0.0892. The number of benzene rings is 1. The van der Waals surface area contributed by atoms with Gasteiger partial charge in [-0.1, -0.05) is 12.2 Å². The van der Waals surface area contributed by atoms with Crippen LogP contribution in [0.4, 0.5) is 0 Å². The highest BCUT2D eigenvalue weighted by molar-refractivity contribution is 6.01. The number of nitrogens with one attached hydrogen (secondary N) is 1. The zero-order chi connectivity index (χ0) is 20.6. The van der Waals surface area contributed by atoms with Crippen molar-refractivity contribution in [1.29, 1.82) is 0 Å². The number of aromatic nitrogens is 1. The van der Waals surface area contributed by atoms with Crippen LogP contribution in [0.1, 0.15) is 25.8 Å². The molecule has 0 saturated heterocycles. The van der Waals surface area contributed by atoms with Crippen LogP contribution in [0, 0.1) is 5.41 Å². The molecule has 7 nitrogen and oxygen atoms in total. The molecule has 2 N–H and O–H groups in total. The summed E-state index contributed by atoms with van der Waals surface area (Å²) in [4.78, 5) is 29.0. The minimum atomic E-state index is -1.55. The fraction of sp³-hybridized carbons (Fsp3) is 0.429. The smallest absolute Gasteiger partial charge is 0.324 e. The number of allylic oxidation sites excluding steroid dienone is 1. The zero-order valence-electron chi connectivity index (χ0n) is 16.5. The number of fused-ring (bicyclic) bond motifs is 1. The van der Waals surface area contributed by atoms with Gasteiger partial charge in [-0.3, -0.25) is 9.59 Å². The van der Waals surface area contributed by atoms with Crippen LogP contribution in [0.2, 0.25) is 0 Å². The Bertz CT molecular complexity index is 821. The highest BCUT2D eigenvalue weighted by Gasteiger charge is 2.48. The second-order valence-corrected chi connectivity index (χ2v) is 6.28. The number of hydrogen-bond acceptors (Lipinski definition) is 6. The van der Waals surface area contributed by atoms with E-state index in [9.17, 15) is 9.59 Å². The molecule has 1 aromatic carbocycles. The molecule has 0 unspecified atom stereocenters. The van der Waals surface area contributed by atoms with Crippen LogP contribution in [0.5, 0.6) is 5.75 Å². The van der Waals surface area contributed by atoms with E-state index in [1.54, 1.807) is 33.2 Å². The molecule has 0 spiro atoms. The van der Waals surface area contributed by atoms with Crippen molar-refractivity contribution in [2.24, 2.45) is 5.41 Å². The Labute approximate surface area is 164 Å². The molecular formula is C21H27NO6. The predicted molar refractivity (Wildman–Crippen MR) is 105 cm³/mol. The van der Waals surface area contributed by atoms with E-state index in [-0.39, 0.29) is 32.7 Å². The first-order valence-corrected chi connectivity index (χ1v) is 9.26. The van der Waals surface area contributed by atoms with E-state index in [0.29, 0.717) is 5.75 Å². The van der Waals surface area contributed by atoms with Gasteiger partial charge in [-0.15, -0.1) is 0 Å². The minimum Gasteiger partial charge on any atom is -0.497 e. The first-order valence-electron chi connectivity index (χ1n) is 9.26. The van der Waals surface area contributed by atoms with Crippen molar-refractivity contribution in [3.8, 4) is 5.75 Å². The van der Waals surface area contributed by atoms with Crippen LogP contribution in [0.15, 0.2) is 36.5 Å². The number of aliphatic hydroxyl groups excluding tert-OH is 1. The number of carbonyl (C=O) groups excluding carboxylic acids is 2. The second-order valence-electron chi connectivity index (χ2n) is 6.28. The first kappa shape index (κ1) is 21.5. The van der Waals surface area contributed by atoms with Crippen molar-refractivity contribution >= 4 is 22.8 Å². The van der Waals surface area contributed by atoms with Crippen LogP contribution >= 0.6 is 0 Å². The van der Waals surface area contributed by atoms with Crippen LogP contribution in [-0.4, -0.2) is 49.0 Å². The number of H-pyrrole nitrogens is 1. The quantitative estimate of drug-likeness (QED) is 0.368. The maximum Gasteiger partial charge on any atom is 0.324 e. The lowest BCUT2D eigenvalue weighted by molar-refractivity contribution is -0.171. The molecule has 0 aliphatic carbocycles. The van der Waals surface area contributed by atoms with E-state index in [1.165, 1.54) is 6.08 Å². The van der Waals surface area contributed by atoms with E-state index in [0.717, 1.165) is 16.5 Å². The lowest BCUT2D eigenvalue weighted by Crippen LogP contribution is -2.43. The summed E-state index contributed by atoms with van der Waals surface area (Å²) in [5.74, 6) is -0.618. The third-order valence-corrected chi connectivity index (χ3v) is 4.54. The summed E-state index contributed by atoms with van der Waals surface area (Å²) >= 11 is 0.